The number of fused-ring (bicyclic) bond motifs is 1. The topological polar surface area (TPSA) is 43.4 Å². The van der Waals surface area contributed by atoms with Gasteiger partial charge in [-0.25, -0.2) is 4.98 Å². The second-order valence-electron chi connectivity index (χ2n) is 5.51. The molecule has 1 aromatic heterocycles. The van der Waals surface area contributed by atoms with E-state index in [1.165, 1.54) is 11.3 Å². The molecule has 4 rings (SSSR count). The molecule has 21 heavy (non-hydrogen) atoms. The van der Waals surface area contributed by atoms with Crippen molar-refractivity contribution in [2.24, 2.45) is 0 Å². The molecule has 5 heteroatoms. The summed E-state index contributed by atoms with van der Waals surface area (Å²) in [5, 5.41) is 6.73. The molecule has 1 N–H and O–H groups in total. The van der Waals surface area contributed by atoms with Gasteiger partial charge in [0.1, 0.15) is 5.75 Å². The standard InChI is InChI=1S/C16H18N2O2S/c1-2-4-15-12(3-1)13(6-8-20-15)17-16-18-14(10-21-16)11-5-7-19-9-11/h1-4,10-11,13H,5-9H2,(H,17,18)/t11-,13-/m0/s1. The van der Waals surface area contributed by atoms with Gasteiger partial charge in [-0.15, -0.1) is 11.3 Å². The number of ether oxygens (including phenoxy) is 2. The number of nitrogens with one attached hydrogen (secondary N) is 1. The molecule has 0 bridgehead atoms. The summed E-state index contributed by atoms with van der Waals surface area (Å²) in [6, 6.07) is 8.53. The zero-order chi connectivity index (χ0) is 14.1. The SMILES string of the molecule is c1ccc2c(c1)OCC[C@@H]2Nc1nc([C@H]2CCOC2)cs1. The summed E-state index contributed by atoms with van der Waals surface area (Å²) < 4.78 is 11.1. The van der Waals surface area contributed by atoms with Crippen molar-refractivity contribution in [2.45, 2.75) is 24.8 Å². The van der Waals surface area contributed by atoms with Gasteiger partial charge in [0.2, 0.25) is 0 Å². The number of nitrogens with zero attached hydrogens (tertiary/aromatic N) is 1. The molecule has 0 spiro atoms. The van der Waals surface area contributed by atoms with Gasteiger partial charge in [0.15, 0.2) is 5.13 Å². The Morgan fingerprint density at radius 3 is 3.05 bits per heavy atom. The normalized spacial score (nSPS) is 24.4. The number of hydrogen-bond donors (Lipinski definition) is 1. The van der Waals surface area contributed by atoms with Crippen LogP contribution in [0.1, 0.15) is 36.1 Å². The van der Waals surface area contributed by atoms with Gasteiger partial charge < -0.3 is 14.8 Å². The van der Waals surface area contributed by atoms with Crippen LogP contribution in [0.5, 0.6) is 5.75 Å². The highest BCUT2D eigenvalue weighted by Gasteiger charge is 2.24. The maximum Gasteiger partial charge on any atom is 0.183 e. The number of thiazole rings is 1. The average molecular weight is 302 g/mol. The smallest absolute Gasteiger partial charge is 0.183 e. The van der Waals surface area contributed by atoms with Crippen molar-refractivity contribution in [1.82, 2.24) is 4.98 Å². The predicted octanol–water partition coefficient (Wildman–Crippen LogP) is 3.58. The van der Waals surface area contributed by atoms with Gasteiger partial charge in [0.05, 0.1) is 24.9 Å². The Morgan fingerprint density at radius 1 is 1.19 bits per heavy atom. The molecule has 110 valence electrons. The first-order valence-electron chi connectivity index (χ1n) is 7.41. The lowest BCUT2D eigenvalue weighted by Gasteiger charge is -2.26. The first kappa shape index (κ1) is 13.1. The lowest BCUT2D eigenvalue weighted by Crippen LogP contribution is -2.20. The summed E-state index contributed by atoms with van der Waals surface area (Å²) in [7, 11) is 0. The summed E-state index contributed by atoms with van der Waals surface area (Å²) >= 11 is 1.69. The maximum absolute atomic E-state index is 5.70. The first-order valence-corrected chi connectivity index (χ1v) is 8.29. The molecule has 2 aliphatic heterocycles. The van der Waals surface area contributed by atoms with E-state index in [9.17, 15) is 0 Å². The van der Waals surface area contributed by atoms with Gasteiger partial charge in [-0.3, -0.25) is 0 Å². The Morgan fingerprint density at radius 2 is 2.14 bits per heavy atom. The van der Waals surface area contributed by atoms with E-state index in [4.69, 9.17) is 14.5 Å². The monoisotopic (exact) mass is 302 g/mol. The van der Waals surface area contributed by atoms with Crippen LogP contribution in [0.25, 0.3) is 0 Å². The highest BCUT2D eigenvalue weighted by Crippen LogP contribution is 2.35. The number of para-hydroxylation sites is 1. The lowest BCUT2D eigenvalue weighted by atomic mass is 10.0. The van der Waals surface area contributed by atoms with Gasteiger partial charge in [-0.2, -0.15) is 0 Å². The predicted molar refractivity (Wildman–Crippen MR) is 83.2 cm³/mol. The summed E-state index contributed by atoms with van der Waals surface area (Å²) in [5.41, 5.74) is 2.39. The molecule has 1 aromatic carbocycles. The summed E-state index contributed by atoms with van der Waals surface area (Å²) in [6.07, 6.45) is 2.06. The Labute approximate surface area is 128 Å². The third-order valence-electron chi connectivity index (χ3n) is 4.13. The van der Waals surface area contributed by atoms with E-state index in [-0.39, 0.29) is 6.04 Å². The molecule has 0 amide bonds. The van der Waals surface area contributed by atoms with Crippen molar-refractivity contribution in [3.8, 4) is 5.75 Å². The highest BCUT2D eigenvalue weighted by atomic mass is 32.1. The fourth-order valence-corrected chi connectivity index (χ4v) is 3.79. The van der Waals surface area contributed by atoms with Crippen molar-refractivity contribution in [3.63, 3.8) is 0 Å². The fraction of sp³-hybridized carbons (Fsp3) is 0.438. The van der Waals surface area contributed by atoms with Crippen LogP contribution < -0.4 is 10.1 Å². The summed E-state index contributed by atoms with van der Waals surface area (Å²) in [5.74, 6) is 1.46. The highest BCUT2D eigenvalue weighted by molar-refractivity contribution is 7.13. The average Bonchev–Trinajstić information content (AvgIpc) is 3.18. The van der Waals surface area contributed by atoms with Gasteiger partial charge in [0, 0.05) is 29.9 Å². The second-order valence-corrected chi connectivity index (χ2v) is 6.37. The maximum atomic E-state index is 5.70. The third-order valence-corrected chi connectivity index (χ3v) is 4.92. The third kappa shape index (κ3) is 2.63. The molecular weight excluding hydrogens is 284 g/mol. The molecule has 4 nitrogen and oxygen atoms in total. The molecule has 1 saturated heterocycles. The minimum absolute atomic E-state index is 0.286. The van der Waals surface area contributed by atoms with E-state index in [1.807, 2.05) is 12.1 Å². The van der Waals surface area contributed by atoms with Crippen molar-refractivity contribution >= 4 is 16.5 Å². The lowest BCUT2D eigenvalue weighted by molar-refractivity contribution is 0.193. The second kappa shape index (κ2) is 5.66. The Balaban J connectivity index is 1.51. The minimum atomic E-state index is 0.286. The molecular formula is C16H18N2O2S. The van der Waals surface area contributed by atoms with Crippen LogP contribution in [0.4, 0.5) is 5.13 Å². The van der Waals surface area contributed by atoms with Crippen molar-refractivity contribution < 1.29 is 9.47 Å². The van der Waals surface area contributed by atoms with Crippen LogP contribution in [0.15, 0.2) is 29.6 Å². The Hall–Kier alpha value is -1.59. The van der Waals surface area contributed by atoms with Gasteiger partial charge in [-0.05, 0) is 12.5 Å². The number of aromatic nitrogens is 1. The molecule has 3 heterocycles. The molecule has 2 aliphatic rings. The van der Waals surface area contributed by atoms with Crippen LogP contribution in [-0.2, 0) is 4.74 Å². The number of anilines is 1. The zero-order valence-electron chi connectivity index (χ0n) is 11.7. The van der Waals surface area contributed by atoms with E-state index in [0.29, 0.717) is 5.92 Å². The van der Waals surface area contributed by atoms with Crippen LogP contribution in [-0.4, -0.2) is 24.8 Å². The summed E-state index contributed by atoms with van der Waals surface area (Å²) in [4.78, 5) is 4.75. The number of rotatable bonds is 3. The molecule has 0 unspecified atom stereocenters. The van der Waals surface area contributed by atoms with Gasteiger partial charge >= 0.3 is 0 Å². The molecule has 0 aliphatic carbocycles. The fourth-order valence-electron chi connectivity index (χ4n) is 2.95. The van der Waals surface area contributed by atoms with E-state index in [1.54, 1.807) is 11.3 Å². The minimum Gasteiger partial charge on any atom is -0.493 e. The number of benzene rings is 1. The van der Waals surface area contributed by atoms with Gasteiger partial charge in [0.25, 0.3) is 0 Å². The molecule has 2 atom stereocenters. The van der Waals surface area contributed by atoms with Crippen LogP contribution in [0, 0.1) is 0 Å². The molecule has 2 aromatic rings. The molecule has 1 fully saturated rings. The number of hydrogen-bond acceptors (Lipinski definition) is 5. The van der Waals surface area contributed by atoms with E-state index >= 15 is 0 Å². The first-order chi connectivity index (χ1) is 10.4. The zero-order valence-corrected chi connectivity index (χ0v) is 12.6. The van der Waals surface area contributed by atoms with E-state index in [2.05, 4.69) is 22.8 Å². The molecule has 0 radical (unpaired) electrons. The molecule has 0 saturated carbocycles. The van der Waals surface area contributed by atoms with E-state index in [0.717, 1.165) is 43.5 Å². The van der Waals surface area contributed by atoms with Gasteiger partial charge in [-0.1, -0.05) is 18.2 Å². The van der Waals surface area contributed by atoms with Crippen LogP contribution >= 0.6 is 11.3 Å². The van der Waals surface area contributed by atoms with Crippen molar-refractivity contribution in [3.05, 3.63) is 40.9 Å². The van der Waals surface area contributed by atoms with Crippen molar-refractivity contribution in [1.29, 1.82) is 0 Å². The van der Waals surface area contributed by atoms with E-state index < -0.39 is 0 Å². The van der Waals surface area contributed by atoms with Crippen LogP contribution in [0.2, 0.25) is 0 Å². The van der Waals surface area contributed by atoms with Crippen LogP contribution in [0.3, 0.4) is 0 Å². The Kier molecular flexibility index (Phi) is 3.53. The Bertz CT molecular complexity index is 622. The quantitative estimate of drug-likeness (QED) is 0.941. The summed E-state index contributed by atoms with van der Waals surface area (Å²) in [6.45, 7) is 2.42. The largest absolute Gasteiger partial charge is 0.493 e. The van der Waals surface area contributed by atoms with Crippen molar-refractivity contribution in [2.75, 3.05) is 25.1 Å².